The maximum Gasteiger partial charge on any atom is 0.268 e. The molecule has 0 spiro atoms. The maximum absolute atomic E-state index is 13.0. The first-order valence-electron chi connectivity index (χ1n) is 32.7. The number of allylic oxidation sites excluding steroid dienone is 9. The predicted octanol–water partition coefficient (Wildman–Crippen LogP) is 19.8. The van der Waals surface area contributed by atoms with Crippen LogP contribution in [0.3, 0.4) is 0 Å². The Morgan fingerprint density at radius 1 is 0.474 bits per heavy atom. The van der Waals surface area contributed by atoms with Gasteiger partial charge in [-0.05, 0) is 57.8 Å². The Hall–Kier alpha value is -1.80. The number of aliphatic hydroxyl groups is 1. The van der Waals surface area contributed by atoms with Crippen LogP contribution in [0.15, 0.2) is 60.8 Å². The van der Waals surface area contributed by atoms with Gasteiger partial charge >= 0.3 is 0 Å². The minimum absolute atomic E-state index is 0.00164. The van der Waals surface area contributed by atoms with E-state index in [-0.39, 0.29) is 19.1 Å². The molecule has 0 aliphatic heterocycles. The molecule has 0 fully saturated rings. The summed E-state index contributed by atoms with van der Waals surface area (Å²) in [7, 11) is 1.27. The summed E-state index contributed by atoms with van der Waals surface area (Å²) in [4.78, 5) is 25.6. The largest absolute Gasteiger partial charge is 0.756 e. The summed E-state index contributed by atoms with van der Waals surface area (Å²) in [5, 5.41) is 14.0. The van der Waals surface area contributed by atoms with Crippen LogP contribution in [-0.4, -0.2) is 68.5 Å². The van der Waals surface area contributed by atoms with Crippen molar-refractivity contribution >= 4 is 13.7 Å². The summed E-state index contributed by atoms with van der Waals surface area (Å²) in [6, 6.07) is -0.890. The molecule has 446 valence electrons. The van der Waals surface area contributed by atoms with Gasteiger partial charge < -0.3 is 28.8 Å². The molecule has 2 N–H and O–H groups in total. The summed E-state index contributed by atoms with van der Waals surface area (Å²) in [6.45, 7) is 4.58. The number of amides is 1. The third-order valence-corrected chi connectivity index (χ3v) is 15.7. The lowest BCUT2D eigenvalue weighted by atomic mass is 10.0. The van der Waals surface area contributed by atoms with Crippen molar-refractivity contribution in [2.24, 2.45) is 0 Å². The summed E-state index contributed by atoms with van der Waals surface area (Å²) in [5.74, 6) is -0.196. The molecule has 0 aromatic heterocycles. The highest BCUT2D eigenvalue weighted by Gasteiger charge is 2.23. The molecule has 0 radical (unpaired) electrons. The van der Waals surface area contributed by atoms with Crippen LogP contribution in [0.5, 0.6) is 0 Å². The van der Waals surface area contributed by atoms with E-state index in [2.05, 4.69) is 67.8 Å². The van der Waals surface area contributed by atoms with Crippen LogP contribution >= 0.6 is 7.82 Å². The zero-order valence-corrected chi connectivity index (χ0v) is 51.9. The van der Waals surface area contributed by atoms with Gasteiger partial charge in [0.2, 0.25) is 5.91 Å². The normalized spacial score (nSPS) is 14.1. The molecule has 0 saturated carbocycles. The maximum atomic E-state index is 13.0. The molecule has 76 heavy (non-hydrogen) atoms. The molecule has 3 unspecified atom stereocenters. The average molecular weight is 1090 g/mol. The number of carbonyl (C=O) groups is 1. The number of carbonyl (C=O) groups excluding carboxylic acids is 1. The highest BCUT2D eigenvalue weighted by atomic mass is 31.2. The third-order valence-electron chi connectivity index (χ3n) is 14.7. The van der Waals surface area contributed by atoms with E-state index in [0.29, 0.717) is 17.4 Å². The van der Waals surface area contributed by atoms with Crippen LogP contribution in [0, 0.1) is 0 Å². The number of hydrogen-bond donors (Lipinski definition) is 2. The molecule has 0 aromatic carbocycles. The number of likely N-dealkylation sites (N-methyl/N-ethyl adjacent to an activating group) is 1. The van der Waals surface area contributed by atoms with Crippen molar-refractivity contribution < 1.29 is 32.9 Å². The predicted molar refractivity (Wildman–Crippen MR) is 330 cm³/mol. The number of quaternary nitrogens is 1. The zero-order valence-electron chi connectivity index (χ0n) is 51.0. The Balaban J connectivity index is 4.12. The van der Waals surface area contributed by atoms with E-state index in [1.807, 2.05) is 27.2 Å². The van der Waals surface area contributed by atoms with E-state index in [9.17, 15) is 19.4 Å². The van der Waals surface area contributed by atoms with Crippen LogP contribution < -0.4 is 10.2 Å². The first-order chi connectivity index (χ1) is 37.0. The van der Waals surface area contributed by atoms with E-state index in [0.717, 1.165) is 64.2 Å². The van der Waals surface area contributed by atoms with Gasteiger partial charge in [0.05, 0.1) is 39.9 Å². The number of phosphoric ester groups is 1. The van der Waals surface area contributed by atoms with Crippen LogP contribution in [0.2, 0.25) is 0 Å². The number of aliphatic hydroxyl groups excluding tert-OH is 1. The summed E-state index contributed by atoms with van der Waals surface area (Å²) < 4.78 is 23.4. The van der Waals surface area contributed by atoms with Gasteiger partial charge in [0.15, 0.2) is 0 Å². The van der Waals surface area contributed by atoms with Crippen molar-refractivity contribution in [1.82, 2.24) is 5.32 Å². The van der Waals surface area contributed by atoms with Gasteiger partial charge in [0, 0.05) is 6.42 Å². The standard InChI is InChI=1S/C67H127N2O6P/c1-6-8-10-12-14-16-18-20-22-24-26-28-30-32-34-36-38-40-42-44-46-48-50-52-54-56-58-60-66(70)65(64-75-76(72,73)74-63-62-69(3,4)5)68-67(71)61-59-57-55-53-51-49-47-45-43-41-39-37-35-33-31-29-27-25-23-21-19-17-15-13-11-9-7-2/h9,11,15,17,21,23,27,29,58,60,65-66,70H,6-8,10,12-14,16,18-20,22,24-26,28,30-57,59,61-64H2,1-5H3,(H-,68,71,72,73)/b11-9-,17-15-,23-21-,29-27-,60-58+. The van der Waals surface area contributed by atoms with Crippen molar-refractivity contribution in [3.63, 3.8) is 0 Å². The van der Waals surface area contributed by atoms with Gasteiger partial charge in [-0.25, -0.2) is 0 Å². The van der Waals surface area contributed by atoms with E-state index in [1.165, 1.54) is 225 Å². The molecule has 8 nitrogen and oxygen atoms in total. The lowest BCUT2D eigenvalue weighted by molar-refractivity contribution is -0.870. The smallest absolute Gasteiger partial charge is 0.268 e. The van der Waals surface area contributed by atoms with Crippen molar-refractivity contribution in [2.75, 3.05) is 40.9 Å². The summed E-state index contributed by atoms with van der Waals surface area (Å²) >= 11 is 0. The molecule has 0 aliphatic carbocycles. The van der Waals surface area contributed by atoms with E-state index < -0.39 is 20.0 Å². The molecule has 0 saturated heterocycles. The van der Waals surface area contributed by atoms with Gasteiger partial charge in [-0.15, -0.1) is 0 Å². The van der Waals surface area contributed by atoms with Crippen molar-refractivity contribution in [1.29, 1.82) is 0 Å². The fourth-order valence-electron chi connectivity index (χ4n) is 9.68. The number of nitrogens with one attached hydrogen (secondary N) is 1. The van der Waals surface area contributed by atoms with Crippen molar-refractivity contribution in [2.45, 2.75) is 321 Å². The molecule has 9 heteroatoms. The van der Waals surface area contributed by atoms with Gasteiger partial charge in [0.1, 0.15) is 13.2 Å². The van der Waals surface area contributed by atoms with Gasteiger partial charge in [0.25, 0.3) is 7.82 Å². The van der Waals surface area contributed by atoms with Crippen LogP contribution in [0.25, 0.3) is 0 Å². The Morgan fingerprint density at radius 3 is 1.17 bits per heavy atom. The van der Waals surface area contributed by atoms with Gasteiger partial charge in [-0.3, -0.25) is 9.36 Å². The first kappa shape index (κ1) is 74.2. The topological polar surface area (TPSA) is 108 Å². The summed E-state index contributed by atoms with van der Waals surface area (Å²) in [5.41, 5.74) is 0. The van der Waals surface area contributed by atoms with Crippen LogP contribution in [0.1, 0.15) is 309 Å². The third kappa shape index (κ3) is 59.9. The molecule has 0 heterocycles. The van der Waals surface area contributed by atoms with Gasteiger partial charge in [-0.2, -0.15) is 0 Å². The highest BCUT2D eigenvalue weighted by Crippen LogP contribution is 2.38. The zero-order chi connectivity index (χ0) is 55.6. The number of phosphoric acid groups is 1. The molecular weight excluding hydrogens is 960 g/mol. The number of unbranched alkanes of at least 4 members (excludes halogenated alkanes) is 39. The Morgan fingerprint density at radius 2 is 0.803 bits per heavy atom. The fraction of sp³-hybridized carbons (Fsp3) is 0.836. The highest BCUT2D eigenvalue weighted by molar-refractivity contribution is 7.45. The second kappa shape index (κ2) is 57.9. The fourth-order valence-corrected chi connectivity index (χ4v) is 10.4. The van der Waals surface area contributed by atoms with Crippen molar-refractivity contribution in [3.05, 3.63) is 60.8 Å². The molecule has 0 aromatic rings. The number of hydrogen-bond acceptors (Lipinski definition) is 6. The SMILES string of the molecule is CC/C=C\C/C=C\C/C=C\C/C=C\CCCCCCCCCCCCCCCCC(=O)NC(COP(=O)([O-])OCC[N+](C)(C)C)C(O)/C=C/CCCCCCCCCCCCCCCCCCCCCCCCCCC. The van der Waals surface area contributed by atoms with E-state index in [4.69, 9.17) is 9.05 Å². The monoisotopic (exact) mass is 1090 g/mol. The second-order valence-electron chi connectivity index (χ2n) is 23.4. The van der Waals surface area contributed by atoms with Crippen LogP contribution in [-0.2, 0) is 18.4 Å². The lowest BCUT2D eigenvalue weighted by Gasteiger charge is -2.29. The first-order valence-corrected chi connectivity index (χ1v) is 34.1. The molecule has 0 bridgehead atoms. The molecule has 0 rings (SSSR count). The number of nitrogens with zero attached hydrogens (tertiary/aromatic N) is 1. The minimum atomic E-state index is -4.60. The van der Waals surface area contributed by atoms with E-state index >= 15 is 0 Å². The van der Waals surface area contributed by atoms with Crippen molar-refractivity contribution in [3.8, 4) is 0 Å². The quantitative estimate of drug-likeness (QED) is 0.0272. The minimum Gasteiger partial charge on any atom is -0.756 e. The second-order valence-corrected chi connectivity index (χ2v) is 24.9. The molecule has 3 atom stereocenters. The average Bonchev–Trinajstić information content (AvgIpc) is 3.38. The van der Waals surface area contributed by atoms with Crippen LogP contribution in [0.4, 0.5) is 0 Å². The Labute approximate surface area is 472 Å². The number of rotatable bonds is 60. The van der Waals surface area contributed by atoms with Gasteiger partial charge in [-0.1, -0.05) is 306 Å². The Kier molecular flexibility index (Phi) is 56.5. The molecule has 0 aliphatic rings. The summed E-state index contributed by atoms with van der Waals surface area (Å²) in [6.07, 6.45) is 78.9. The Bertz CT molecular complexity index is 1420. The molecular formula is C67H127N2O6P. The molecule has 1 amide bonds. The van der Waals surface area contributed by atoms with E-state index in [1.54, 1.807) is 6.08 Å². The lowest BCUT2D eigenvalue weighted by Crippen LogP contribution is -2.45.